The molecule has 1 saturated carbocycles. The fourth-order valence-corrected chi connectivity index (χ4v) is 1.56. The summed E-state index contributed by atoms with van der Waals surface area (Å²) in [4.78, 5) is 4.05. The van der Waals surface area contributed by atoms with Gasteiger partial charge in [-0.25, -0.2) is 4.98 Å². The number of aromatic nitrogens is 1. The van der Waals surface area contributed by atoms with Crippen LogP contribution in [-0.2, 0) is 0 Å². The molecular formula is C11H16N2O. The van der Waals surface area contributed by atoms with Crippen LogP contribution >= 0.6 is 0 Å². The highest BCUT2D eigenvalue weighted by molar-refractivity contribution is 5.45. The summed E-state index contributed by atoms with van der Waals surface area (Å²) in [5, 5.41) is 3.39. The number of nitrogens with zero attached hydrogens (tertiary/aromatic N) is 1. The Morgan fingerprint density at radius 3 is 3.07 bits per heavy atom. The molecule has 1 heterocycles. The van der Waals surface area contributed by atoms with E-state index in [4.69, 9.17) is 4.74 Å². The molecule has 0 bridgehead atoms. The monoisotopic (exact) mass is 192 g/mol. The molecule has 0 aromatic carbocycles. The van der Waals surface area contributed by atoms with Crippen LogP contribution in [0.15, 0.2) is 18.3 Å². The first-order valence-corrected chi connectivity index (χ1v) is 5.03. The second kappa shape index (κ2) is 3.86. The Bertz CT molecular complexity index is 314. The average Bonchev–Trinajstić information content (AvgIpc) is 2.92. The van der Waals surface area contributed by atoms with Gasteiger partial charge in [-0.1, -0.05) is 6.92 Å². The van der Waals surface area contributed by atoms with Gasteiger partial charge in [0.2, 0.25) is 5.88 Å². The molecule has 3 nitrogen and oxygen atoms in total. The molecule has 0 saturated heterocycles. The van der Waals surface area contributed by atoms with Crippen molar-refractivity contribution in [1.29, 1.82) is 0 Å². The van der Waals surface area contributed by atoms with Gasteiger partial charge in [0.25, 0.3) is 0 Å². The van der Waals surface area contributed by atoms with Gasteiger partial charge in [0, 0.05) is 24.5 Å². The van der Waals surface area contributed by atoms with E-state index in [9.17, 15) is 0 Å². The lowest BCUT2D eigenvalue weighted by Gasteiger charge is -2.06. The second-order valence-electron chi connectivity index (χ2n) is 3.94. The van der Waals surface area contributed by atoms with E-state index in [-0.39, 0.29) is 0 Å². The van der Waals surface area contributed by atoms with Crippen molar-refractivity contribution in [1.82, 2.24) is 4.98 Å². The molecule has 2 unspecified atom stereocenters. The van der Waals surface area contributed by atoms with Gasteiger partial charge in [-0.15, -0.1) is 0 Å². The zero-order valence-corrected chi connectivity index (χ0v) is 8.66. The van der Waals surface area contributed by atoms with Gasteiger partial charge in [0.1, 0.15) is 0 Å². The van der Waals surface area contributed by atoms with Gasteiger partial charge in [-0.05, 0) is 24.3 Å². The molecular weight excluding hydrogens is 176 g/mol. The Morgan fingerprint density at radius 2 is 2.43 bits per heavy atom. The minimum absolute atomic E-state index is 0.666. The summed E-state index contributed by atoms with van der Waals surface area (Å²) in [5.74, 6) is 2.42. The lowest BCUT2D eigenvalue weighted by molar-refractivity contribution is 0.398. The molecule has 0 aliphatic heterocycles. The standard InChI is InChI=1S/C11H16N2O/c1-8-5-9(8)7-13-10-3-4-12-11(6-10)14-2/h3-4,6,8-9H,5,7H2,1-2H3,(H,12,13). The van der Waals surface area contributed by atoms with Gasteiger partial charge >= 0.3 is 0 Å². The maximum absolute atomic E-state index is 5.05. The van der Waals surface area contributed by atoms with Crippen LogP contribution in [0, 0.1) is 11.8 Å². The summed E-state index contributed by atoms with van der Waals surface area (Å²) in [6.07, 6.45) is 3.12. The third-order valence-corrected chi connectivity index (χ3v) is 2.79. The topological polar surface area (TPSA) is 34.1 Å². The molecule has 1 aliphatic rings. The van der Waals surface area contributed by atoms with Crippen LogP contribution in [0.2, 0.25) is 0 Å². The molecule has 14 heavy (non-hydrogen) atoms. The van der Waals surface area contributed by atoms with Crippen LogP contribution in [-0.4, -0.2) is 18.6 Å². The van der Waals surface area contributed by atoms with Crippen LogP contribution in [0.5, 0.6) is 5.88 Å². The summed E-state index contributed by atoms with van der Waals surface area (Å²) in [6, 6.07) is 3.89. The maximum Gasteiger partial charge on any atom is 0.214 e. The number of hydrogen-bond donors (Lipinski definition) is 1. The predicted molar refractivity (Wildman–Crippen MR) is 56.5 cm³/mol. The number of hydrogen-bond acceptors (Lipinski definition) is 3. The zero-order valence-electron chi connectivity index (χ0n) is 8.66. The first kappa shape index (κ1) is 9.31. The molecule has 1 aromatic heterocycles. The van der Waals surface area contributed by atoms with Gasteiger partial charge in [-0.3, -0.25) is 0 Å². The van der Waals surface area contributed by atoms with Crippen molar-refractivity contribution in [2.75, 3.05) is 19.0 Å². The molecule has 2 rings (SSSR count). The van der Waals surface area contributed by atoms with Crippen LogP contribution in [0.1, 0.15) is 13.3 Å². The minimum Gasteiger partial charge on any atom is -0.481 e. The highest BCUT2D eigenvalue weighted by atomic mass is 16.5. The fraction of sp³-hybridized carbons (Fsp3) is 0.545. The van der Waals surface area contributed by atoms with E-state index in [0.29, 0.717) is 5.88 Å². The van der Waals surface area contributed by atoms with E-state index < -0.39 is 0 Å². The van der Waals surface area contributed by atoms with Crippen LogP contribution in [0.25, 0.3) is 0 Å². The van der Waals surface area contributed by atoms with Gasteiger partial charge in [0.15, 0.2) is 0 Å². The molecule has 1 fully saturated rings. The maximum atomic E-state index is 5.05. The third kappa shape index (κ3) is 2.16. The summed E-state index contributed by atoms with van der Waals surface area (Å²) in [6.45, 7) is 3.35. The SMILES string of the molecule is COc1cc(NCC2CC2C)ccn1. The smallest absolute Gasteiger partial charge is 0.214 e. The van der Waals surface area contributed by atoms with Crippen LogP contribution < -0.4 is 10.1 Å². The molecule has 0 amide bonds. The molecule has 3 heteroatoms. The summed E-state index contributed by atoms with van der Waals surface area (Å²) in [7, 11) is 1.63. The van der Waals surface area contributed by atoms with Crippen LogP contribution in [0.3, 0.4) is 0 Å². The fourth-order valence-electron chi connectivity index (χ4n) is 1.56. The highest BCUT2D eigenvalue weighted by Gasteiger charge is 2.31. The normalized spacial score (nSPS) is 24.4. The molecule has 1 aromatic rings. The van der Waals surface area contributed by atoms with Crippen molar-refractivity contribution < 1.29 is 4.74 Å². The number of nitrogens with one attached hydrogen (secondary N) is 1. The Balaban J connectivity index is 1.88. The quantitative estimate of drug-likeness (QED) is 0.793. The van der Waals surface area contributed by atoms with Crippen molar-refractivity contribution in [2.24, 2.45) is 11.8 Å². The van der Waals surface area contributed by atoms with E-state index in [1.165, 1.54) is 6.42 Å². The summed E-state index contributed by atoms with van der Waals surface area (Å²) < 4.78 is 5.05. The molecule has 1 aliphatic carbocycles. The lowest BCUT2D eigenvalue weighted by atomic mass is 10.3. The number of ether oxygens (including phenoxy) is 1. The van der Waals surface area contributed by atoms with Gasteiger partial charge < -0.3 is 10.1 Å². The van der Waals surface area contributed by atoms with Crippen molar-refractivity contribution in [3.05, 3.63) is 18.3 Å². The van der Waals surface area contributed by atoms with Crippen molar-refractivity contribution >= 4 is 5.69 Å². The first-order valence-electron chi connectivity index (χ1n) is 5.03. The number of rotatable bonds is 4. The van der Waals surface area contributed by atoms with Crippen molar-refractivity contribution in [3.8, 4) is 5.88 Å². The number of anilines is 1. The summed E-state index contributed by atoms with van der Waals surface area (Å²) >= 11 is 0. The first-order chi connectivity index (χ1) is 6.79. The lowest BCUT2D eigenvalue weighted by Crippen LogP contribution is -2.04. The van der Waals surface area contributed by atoms with E-state index >= 15 is 0 Å². The van der Waals surface area contributed by atoms with Gasteiger partial charge in [-0.2, -0.15) is 0 Å². The van der Waals surface area contributed by atoms with Gasteiger partial charge in [0.05, 0.1) is 7.11 Å². The number of pyridine rings is 1. The molecule has 2 atom stereocenters. The average molecular weight is 192 g/mol. The van der Waals surface area contributed by atoms with Crippen molar-refractivity contribution in [3.63, 3.8) is 0 Å². The molecule has 76 valence electrons. The predicted octanol–water partition coefficient (Wildman–Crippen LogP) is 2.16. The zero-order chi connectivity index (χ0) is 9.97. The Hall–Kier alpha value is -1.25. The second-order valence-corrected chi connectivity index (χ2v) is 3.94. The summed E-state index contributed by atoms with van der Waals surface area (Å²) in [5.41, 5.74) is 1.09. The van der Waals surface area contributed by atoms with E-state index in [0.717, 1.165) is 24.1 Å². The van der Waals surface area contributed by atoms with Crippen molar-refractivity contribution in [2.45, 2.75) is 13.3 Å². The molecule has 0 spiro atoms. The molecule has 0 radical (unpaired) electrons. The Kier molecular flexibility index (Phi) is 2.57. The van der Waals surface area contributed by atoms with E-state index in [2.05, 4.69) is 17.2 Å². The van der Waals surface area contributed by atoms with Crippen LogP contribution in [0.4, 0.5) is 5.69 Å². The third-order valence-electron chi connectivity index (χ3n) is 2.79. The molecule has 1 N–H and O–H groups in total. The van der Waals surface area contributed by atoms with E-state index in [1.54, 1.807) is 13.3 Å². The highest BCUT2D eigenvalue weighted by Crippen LogP contribution is 2.37. The number of methoxy groups -OCH3 is 1. The van der Waals surface area contributed by atoms with E-state index in [1.807, 2.05) is 12.1 Å². The Morgan fingerprint density at radius 1 is 1.64 bits per heavy atom. The largest absolute Gasteiger partial charge is 0.481 e. The minimum atomic E-state index is 0.666. The Labute approximate surface area is 84.5 Å².